The van der Waals surface area contributed by atoms with Gasteiger partial charge in [-0.2, -0.15) is 5.10 Å². The molecule has 0 spiro atoms. The molecule has 0 fully saturated rings. The number of aryl methyl sites for hydroxylation is 1. The minimum atomic E-state index is -0.324. The zero-order valence-corrected chi connectivity index (χ0v) is 8.31. The third-order valence-corrected chi connectivity index (χ3v) is 1.95. The van der Waals surface area contributed by atoms with E-state index in [9.17, 15) is 4.39 Å². The van der Waals surface area contributed by atoms with E-state index in [0.717, 1.165) is 11.4 Å². The summed E-state index contributed by atoms with van der Waals surface area (Å²) in [4.78, 5) is 3.76. The summed E-state index contributed by atoms with van der Waals surface area (Å²) in [5, 5.41) is 7.21. The number of halogens is 1. The molecule has 0 aromatic carbocycles. The molecule has 0 aliphatic carbocycles. The van der Waals surface area contributed by atoms with Gasteiger partial charge in [0.25, 0.3) is 0 Å². The number of hydrogen-bond acceptors (Lipinski definition) is 3. The molecular weight excluding hydrogens is 195 g/mol. The van der Waals surface area contributed by atoms with Gasteiger partial charge in [-0.1, -0.05) is 0 Å². The van der Waals surface area contributed by atoms with E-state index in [-0.39, 0.29) is 5.82 Å². The molecule has 0 amide bonds. The second-order valence-electron chi connectivity index (χ2n) is 3.24. The lowest BCUT2D eigenvalue weighted by Gasteiger charge is -2.02. The second-order valence-corrected chi connectivity index (χ2v) is 3.24. The molecule has 0 atom stereocenters. The van der Waals surface area contributed by atoms with Gasteiger partial charge in [0.1, 0.15) is 11.6 Å². The van der Waals surface area contributed by atoms with E-state index < -0.39 is 0 Å². The van der Waals surface area contributed by atoms with Crippen molar-refractivity contribution in [1.82, 2.24) is 14.8 Å². The van der Waals surface area contributed by atoms with Gasteiger partial charge >= 0.3 is 0 Å². The van der Waals surface area contributed by atoms with Gasteiger partial charge in [0, 0.05) is 32.1 Å². The van der Waals surface area contributed by atoms with Crippen molar-refractivity contribution in [2.75, 3.05) is 5.32 Å². The molecule has 2 heterocycles. The van der Waals surface area contributed by atoms with Crippen molar-refractivity contribution in [1.29, 1.82) is 0 Å². The van der Waals surface area contributed by atoms with Gasteiger partial charge in [-0.3, -0.25) is 9.67 Å². The summed E-state index contributed by atoms with van der Waals surface area (Å²) >= 11 is 0. The Hall–Kier alpha value is -1.91. The SMILES string of the molecule is Cn1ccc(NCc2cncc(F)c2)n1. The average Bonchev–Trinajstić information content (AvgIpc) is 2.62. The van der Waals surface area contributed by atoms with Gasteiger partial charge in [0.15, 0.2) is 0 Å². The molecule has 4 nitrogen and oxygen atoms in total. The lowest BCUT2D eigenvalue weighted by molar-refractivity contribution is 0.619. The second kappa shape index (κ2) is 4.08. The fraction of sp³-hybridized carbons (Fsp3) is 0.200. The summed E-state index contributed by atoms with van der Waals surface area (Å²) in [7, 11) is 1.84. The molecule has 0 unspecified atom stereocenters. The van der Waals surface area contributed by atoms with Crippen LogP contribution in [0.2, 0.25) is 0 Å². The zero-order valence-electron chi connectivity index (χ0n) is 8.31. The Kier molecular flexibility index (Phi) is 2.62. The monoisotopic (exact) mass is 206 g/mol. The van der Waals surface area contributed by atoms with E-state index in [1.807, 2.05) is 19.3 Å². The summed E-state index contributed by atoms with van der Waals surface area (Å²) in [5.41, 5.74) is 0.792. The van der Waals surface area contributed by atoms with Gasteiger partial charge in [-0.05, 0) is 11.6 Å². The van der Waals surface area contributed by atoms with E-state index >= 15 is 0 Å². The smallest absolute Gasteiger partial charge is 0.148 e. The van der Waals surface area contributed by atoms with Crippen LogP contribution < -0.4 is 5.32 Å². The van der Waals surface area contributed by atoms with Crippen LogP contribution in [0, 0.1) is 5.82 Å². The minimum absolute atomic E-state index is 0.324. The first-order chi connectivity index (χ1) is 7.24. The number of aromatic nitrogens is 3. The first-order valence-electron chi connectivity index (χ1n) is 4.57. The Balaban J connectivity index is 1.99. The van der Waals surface area contributed by atoms with Gasteiger partial charge in [-0.25, -0.2) is 4.39 Å². The highest BCUT2D eigenvalue weighted by Gasteiger charge is 1.98. The van der Waals surface area contributed by atoms with E-state index in [2.05, 4.69) is 15.4 Å². The summed E-state index contributed by atoms with van der Waals surface area (Å²) in [6.07, 6.45) is 4.65. The standard InChI is InChI=1S/C10H11FN4/c1-15-3-2-10(14-15)13-6-8-4-9(11)7-12-5-8/h2-5,7H,6H2,1H3,(H,13,14). The highest BCUT2D eigenvalue weighted by atomic mass is 19.1. The molecule has 0 saturated heterocycles. The molecule has 5 heteroatoms. The van der Waals surface area contributed by atoms with Gasteiger partial charge < -0.3 is 5.32 Å². The number of rotatable bonds is 3. The van der Waals surface area contributed by atoms with Crippen molar-refractivity contribution in [3.8, 4) is 0 Å². The third-order valence-electron chi connectivity index (χ3n) is 1.95. The summed E-state index contributed by atoms with van der Waals surface area (Å²) in [6, 6.07) is 3.30. The largest absolute Gasteiger partial charge is 0.364 e. The molecule has 0 saturated carbocycles. The van der Waals surface area contributed by atoms with Crippen molar-refractivity contribution in [3.05, 3.63) is 42.1 Å². The fourth-order valence-corrected chi connectivity index (χ4v) is 1.25. The predicted octanol–water partition coefficient (Wildman–Crippen LogP) is 1.57. The zero-order chi connectivity index (χ0) is 10.7. The Morgan fingerprint density at radius 2 is 2.33 bits per heavy atom. The average molecular weight is 206 g/mol. The summed E-state index contributed by atoms with van der Waals surface area (Å²) < 4.78 is 14.5. The van der Waals surface area contributed by atoms with Crippen molar-refractivity contribution >= 4 is 5.82 Å². The van der Waals surface area contributed by atoms with E-state index in [1.54, 1.807) is 10.9 Å². The van der Waals surface area contributed by atoms with Crippen LogP contribution in [-0.2, 0) is 13.6 Å². The lowest BCUT2D eigenvalue weighted by Crippen LogP contribution is -2.01. The van der Waals surface area contributed by atoms with E-state index in [1.165, 1.54) is 12.3 Å². The Morgan fingerprint density at radius 1 is 1.47 bits per heavy atom. The molecule has 0 aliphatic heterocycles. The lowest BCUT2D eigenvalue weighted by atomic mass is 10.3. The molecule has 15 heavy (non-hydrogen) atoms. The van der Waals surface area contributed by atoms with Gasteiger partial charge in [0.2, 0.25) is 0 Å². The predicted molar refractivity (Wildman–Crippen MR) is 54.7 cm³/mol. The highest BCUT2D eigenvalue weighted by molar-refractivity contribution is 5.33. The molecule has 78 valence electrons. The number of anilines is 1. The minimum Gasteiger partial charge on any atom is -0.364 e. The molecule has 2 aromatic heterocycles. The summed E-state index contributed by atoms with van der Waals surface area (Å²) in [6.45, 7) is 0.516. The number of pyridine rings is 1. The van der Waals surface area contributed by atoms with Crippen LogP contribution in [0.1, 0.15) is 5.56 Å². The molecule has 0 aliphatic rings. The number of hydrogen-bond donors (Lipinski definition) is 1. The third kappa shape index (κ3) is 2.52. The van der Waals surface area contributed by atoms with Gasteiger partial charge in [-0.15, -0.1) is 0 Å². The van der Waals surface area contributed by atoms with Crippen molar-refractivity contribution in [3.63, 3.8) is 0 Å². The summed E-state index contributed by atoms with van der Waals surface area (Å²) in [5.74, 6) is 0.442. The Morgan fingerprint density at radius 3 is 3.00 bits per heavy atom. The Labute approximate surface area is 86.8 Å². The number of nitrogens with one attached hydrogen (secondary N) is 1. The van der Waals surface area contributed by atoms with Crippen molar-refractivity contribution in [2.24, 2.45) is 7.05 Å². The normalized spacial score (nSPS) is 10.3. The molecule has 2 aromatic rings. The number of nitrogens with zero attached hydrogens (tertiary/aromatic N) is 3. The van der Waals surface area contributed by atoms with E-state index in [0.29, 0.717) is 6.54 Å². The maximum Gasteiger partial charge on any atom is 0.148 e. The van der Waals surface area contributed by atoms with Crippen LogP contribution in [0.4, 0.5) is 10.2 Å². The van der Waals surface area contributed by atoms with Crippen LogP contribution in [-0.4, -0.2) is 14.8 Å². The molecule has 0 bridgehead atoms. The van der Waals surface area contributed by atoms with Crippen LogP contribution in [0.3, 0.4) is 0 Å². The maximum absolute atomic E-state index is 12.8. The van der Waals surface area contributed by atoms with Gasteiger partial charge in [0.05, 0.1) is 6.20 Å². The first-order valence-corrected chi connectivity index (χ1v) is 4.57. The fourth-order valence-electron chi connectivity index (χ4n) is 1.25. The molecule has 0 radical (unpaired) electrons. The molecule has 1 N–H and O–H groups in total. The maximum atomic E-state index is 12.8. The highest BCUT2D eigenvalue weighted by Crippen LogP contribution is 2.05. The first kappa shape index (κ1) is 9.64. The molecule has 2 rings (SSSR count). The van der Waals surface area contributed by atoms with Crippen LogP contribution in [0.15, 0.2) is 30.7 Å². The van der Waals surface area contributed by atoms with Crippen LogP contribution in [0.5, 0.6) is 0 Å². The van der Waals surface area contributed by atoms with Crippen molar-refractivity contribution in [2.45, 2.75) is 6.54 Å². The quantitative estimate of drug-likeness (QED) is 0.828. The van der Waals surface area contributed by atoms with Crippen LogP contribution in [0.25, 0.3) is 0 Å². The van der Waals surface area contributed by atoms with Crippen molar-refractivity contribution < 1.29 is 4.39 Å². The van der Waals surface area contributed by atoms with Crippen LogP contribution >= 0.6 is 0 Å². The Bertz CT molecular complexity index is 452. The van der Waals surface area contributed by atoms with E-state index in [4.69, 9.17) is 0 Å². The topological polar surface area (TPSA) is 42.7 Å². The molecular formula is C10H11FN4.